The number of pyridine rings is 1. The Morgan fingerprint density at radius 1 is 1.15 bits per heavy atom. The van der Waals surface area contributed by atoms with Crippen LogP contribution in [0.4, 0.5) is 0 Å². The molecule has 0 bridgehead atoms. The van der Waals surface area contributed by atoms with Crippen molar-refractivity contribution in [3.8, 4) is 0 Å². The number of rotatable bonds is 6. The predicted octanol–water partition coefficient (Wildman–Crippen LogP) is 2.06. The average molecular weight is 289 g/mol. The van der Waals surface area contributed by atoms with Crippen LogP contribution in [-0.2, 0) is 28.4 Å². The maximum atomic E-state index is 12.1. The minimum absolute atomic E-state index is 0.0113. The number of hydrogen-bond acceptors (Lipinski definition) is 3. The van der Waals surface area contributed by atoms with Gasteiger partial charge in [0.25, 0.3) is 0 Å². The summed E-state index contributed by atoms with van der Waals surface area (Å²) < 4.78 is 12.1. The van der Waals surface area contributed by atoms with Gasteiger partial charge in [0.05, 0.1) is 17.2 Å². The van der Waals surface area contributed by atoms with E-state index in [0.29, 0.717) is 17.7 Å². The molecule has 5 heteroatoms. The van der Waals surface area contributed by atoms with Gasteiger partial charge in [-0.3, -0.25) is 14.0 Å². The number of benzene rings is 1. The number of aryl methyl sites for hydroxylation is 1. The number of nitrogens with zero attached hydrogens (tertiary/aromatic N) is 1. The van der Waals surface area contributed by atoms with Gasteiger partial charge < -0.3 is 5.11 Å². The van der Waals surface area contributed by atoms with E-state index in [1.54, 1.807) is 36.7 Å². The molecule has 1 atom stereocenters. The quantitative estimate of drug-likeness (QED) is 0.884. The maximum absolute atomic E-state index is 12.1. The SMILES string of the molecule is O=C(O)Cc1ccc(S(=O)CCc2cccnc2)cc1. The van der Waals surface area contributed by atoms with Gasteiger partial charge in [0.15, 0.2) is 0 Å². The summed E-state index contributed by atoms with van der Waals surface area (Å²) in [5.74, 6) is -0.334. The molecular formula is C15H15NO3S. The Kier molecular flexibility index (Phi) is 5.01. The first-order valence-electron chi connectivity index (χ1n) is 6.23. The summed E-state index contributed by atoms with van der Waals surface area (Å²) in [6.07, 6.45) is 4.18. The molecule has 0 aliphatic carbocycles. The number of hydrogen-bond donors (Lipinski definition) is 1. The molecule has 0 saturated carbocycles. The first-order chi connectivity index (χ1) is 9.65. The molecule has 1 N–H and O–H groups in total. The van der Waals surface area contributed by atoms with Crippen molar-refractivity contribution >= 4 is 16.8 Å². The van der Waals surface area contributed by atoms with Gasteiger partial charge in [-0.2, -0.15) is 0 Å². The van der Waals surface area contributed by atoms with Crippen LogP contribution in [0.2, 0.25) is 0 Å². The van der Waals surface area contributed by atoms with Crippen molar-refractivity contribution in [1.29, 1.82) is 0 Å². The van der Waals surface area contributed by atoms with Gasteiger partial charge in [-0.05, 0) is 35.7 Å². The fraction of sp³-hybridized carbons (Fsp3) is 0.200. The molecule has 1 aromatic heterocycles. The first-order valence-corrected chi connectivity index (χ1v) is 7.55. The van der Waals surface area contributed by atoms with E-state index in [-0.39, 0.29) is 6.42 Å². The van der Waals surface area contributed by atoms with Crippen LogP contribution in [0.1, 0.15) is 11.1 Å². The van der Waals surface area contributed by atoms with Crippen LogP contribution >= 0.6 is 0 Å². The minimum atomic E-state index is -1.08. The van der Waals surface area contributed by atoms with Crippen molar-refractivity contribution in [3.05, 3.63) is 59.9 Å². The van der Waals surface area contributed by atoms with E-state index in [9.17, 15) is 9.00 Å². The Labute approximate surface area is 119 Å². The highest BCUT2D eigenvalue weighted by molar-refractivity contribution is 7.85. The third-order valence-corrected chi connectivity index (χ3v) is 4.21. The Bertz CT molecular complexity index is 596. The van der Waals surface area contributed by atoms with Crippen molar-refractivity contribution in [2.75, 3.05) is 5.75 Å². The predicted molar refractivity (Wildman–Crippen MR) is 77.0 cm³/mol. The lowest BCUT2D eigenvalue weighted by Gasteiger charge is -2.04. The fourth-order valence-electron chi connectivity index (χ4n) is 1.81. The van der Waals surface area contributed by atoms with Crippen molar-refractivity contribution in [3.63, 3.8) is 0 Å². The summed E-state index contributed by atoms with van der Waals surface area (Å²) >= 11 is 0. The lowest BCUT2D eigenvalue weighted by Crippen LogP contribution is -2.03. The van der Waals surface area contributed by atoms with Gasteiger partial charge in [-0.1, -0.05) is 18.2 Å². The molecule has 104 valence electrons. The van der Waals surface area contributed by atoms with E-state index in [1.165, 1.54) is 0 Å². The number of aromatic nitrogens is 1. The van der Waals surface area contributed by atoms with E-state index >= 15 is 0 Å². The number of carboxylic acid groups (broad SMARTS) is 1. The average Bonchev–Trinajstić information content (AvgIpc) is 2.46. The molecule has 1 unspecified atom stereocenters. The summed E-state index contributed by atoms with van der Waals surface area (Å²) in [7, 11) is -1.08. The van der Waals surface area contributed by atoms with Crippen molar-refractivity contribution in [2.24, 2.45) is 0 Å². The third kappa shape index (κ3) is 4.28. The van der Waals surface area contributed by atoms with Crippen molar-refractivity contribution < 1.29 is 14.1 Å². The number of aliphatic carboxylic acids is 1. The topological polar surface area (TPSA) is 67.3 Å². The molecule has 20 heavy (non-hydrogen) atoms. The molecule has 0 radical (unpaired) electrons. The standard InChI is InChI=1S/C15H15NO3S/c17-15(18)10-12-3-5-14(6-4-12)20(19)9-7-13-2-1-8-16-11-13/h1-6,8,11H,7,9-10H2,(H,17,18). The van der Waals surface area contributed by atoms with Gasteiger partial charge in [0, 0.05) is 23.0 Å². The van der Waals surface area contributed by atoms with Crippen LogP contribution in [-0.4, -0.2) is 26.0 Å². The van der Waals surface area contributed by atoms with E-state index < -0.39 is 16.8 Å². The van der Waals surface area contributed by atoms with Crippen molar-refractivity contribution in [2.45, 2.75) is 17.7 Å². The Morgan fingerprint density at radius 3 is 2.50 bits per heavy atom. The van der Waals surface area contributed by atoms with Crippen LogP contribution in [0.3, 0.4) is 0 Å². The second-order valence-electron chi connectivity index (χ2n) is 4.38. The molecule has 2 rings (SSSR count). The molecule has 2 aromatic rings. The van der Waals surface area contributed by atoms with Gasteiger partial charge in [-0.25, -0.2) is 0 Å². The number of carboxylic acids is 1. The summed E-state index contributed by atoms with van der Waals surface area (Å²) in [6.45, 7) is 0. The maximum Gasteiger partial charge on any atom is 0.307 e. The molecule has 1 aromatic carbocycles. The zero-order valence-electron chi connectivity index (χ0n) is 10.9. The van der Waals surface area contributed by atoms with Crippen LogP contribution in [0, 0.1) is 0 Å². The second-order valence-corrected chi connectivity index (χ2v) is 5.95. The largest absolute Gasteiger partial charge is 0.481 e. The van der Waals surface area contributed by atoms with Crippen LogP contribution in [0.15, 0.2) is 53.7 Å². The molecule has 1 heterocycles. The Hall–Kier alpha value is -2.01. The lowest BCUT2D eigenvalue weighted by molar-refractivity contribution is -0.136. The summed E-state index contributed by atoms with van der Waals surface area (Å²) in [5.41, 5.74) is 1.77. The molecule has 4 nitrogen and oxygen atoms in total. The highest BCUT2D eigenvalue weighted by Gasteiger charge is 2.06. The second kappa shape index (κ2) is 6.96. The van der Waals surface area contributed by atoms with E-state index in [4.69, 9.17) is 5.11 Å². The lowest BCUT2D eigenvalue weighted by atomic mass is 10.2. The summed E-state index contributed by atoms with van der Waals surface area (Å²) in [4.78, 5) is 15.3. The van der Waals surface area contributed by atoms with Gasteiger partial charge in [-0.15, -0.1) is 0 Å². The van der Waals surface area contributed by atoms with Crippen LogP contribution in [0.25, 0.3) is 0 Å². The first kappa shape index (κ1) is 14.4. The molecular weight excluding hydrogens is 274 g/mol. The van der Waals surface area contributed by atoms with Crippen LogP contribution < -0.4 is 0 Å². The monoisotopic (exact) mass is 289 g/mol. The Balaban J connectivity index is 1.94. The number of carbonyl (C=O) groups is 1. The van der Waals surface area contributed by atoms with Gasteiger partial charge in [0.2, 0.25) is 0 Å². The van der Waals surface area contributed by atoms with Gasteiger partial charge >= 0.3 is 5.97 Å². The highest BCUT2D eigenvalue weighted by atomic mass is 32.2. The van der Waals surface area contributed by atoms with Gasteiger partial charge in [0.1, 0.15) is 0 Å². The highest BCUT2D eigenvalue weighted by Crippen LogP contribution is 2.11. The fourth-order valence-corrected chi connectivity index (χ4v) is 2.90. The normalized spacial score (nSPS) is 12.0. The zero-order chi connectivity index (χ0) is 14.4. The summed E-state index contributed by atoms with van der Waals surface area (Å²) in [6, 6.07) is 10.7. The molecule has 0 amide bonds. The molecule has 0 spiro atoms. The minimum Gasteiger partial charge on any atom is -0.481 e. The Morgan fingerprint density at radius 2 is 1.90 bits per heavy atom. The third-order valence-electron chi connectivity index (χ3n) is 2.84. The zero-order valence-corrected chi connectivity index (χ0v) is 11.7. The van der Waals surface area contributed by atoms with E-state index in [1.807, 2.05) is 12.1 Å². The van der Waals surface area contributed by atoms with Crippen molar-refractivity contribution in [1.82, 2.24) is 4.98 Å². The molecule has 0 aliphatic rings. The molecule has 0 fully saturated rings. The van der Waals surface area contributed by atoms with E-state index in [2.05, 4.69) is 4.98 Å². The summed E-state index contributed by atoms with van der Waals surface area (Å²) in [5, 5.41) is 8.69. The van der Waals surface area contributed by atoms with Crippen LogP contribution in [0.5, 0.6) is 0 Å². The molecule has 0 aliphatic heterocycles. The molecule has 0 saturated heterocycles. The smallest absolute Gasteiger partial charge is 0.307 e. The van der Waals surface area contributed by atoms with E-state index in [0.717, 1.165) is 10.5 Å².